The maximum atomic E-state index is 12.4. The summed E-state index contributed by atoms with van der Waals surface area (Å²) >= 11 is 0. The summed E-state index contributed by atoms with van der Waals surface area (Å²) in [6, 6.07) is 1.20. The van der Waals surface area contributed by atoms with E-state index in [0.29, 0.717) is 30.9 Å². The van der Waals surface area contributed by atoms with Crippen molar-refractivity contribution in [2.75, 3.05) is 6.61 Å². The Labute approximate surface area is 125 Å². The first-order valence-electron chi connectivity index (χ1n) is 8.12. The third-order valence-electron chi connectivity index (χ3n) is 5.55. The molecule has 0 saturated carbocycles. The molecule has 116 valence electrons. The molecule has 2 saturated heterocycles. The van der Waals surface area contributed by atoms with E-state index in [0.717, 1.165) is 12.8 Å². The van der Waals surface area contributed by atoms with Crippen LogP contribution in [0.5, 0.6) is 0 Å². The van der Waals surface area contributed by atoms with Crippen LogP contribution >= 0.6 is 0 Å². The van der Waals surface area contributed by atoms with Crippen LogP contribution < -0.4 is 5.32 Å². The molecule has 20 heavy (non-hydrogen) atoms. The molecule has 0 aromatic carbocycles. The average Bonchev–Trinajstić information content (AvgIpc) is 2.66. The second-order valence-corrected chi connectivity index (χ2v) is 12.9. The molecule has 2 fully saturated rings. The zero-order valence-corrected chi connectivity index (χ0v) is 14.8. The van der Waals surface area contributed by atoms with Crippen LogP contribution in [0.4, 0.5) is 0 Å². The van der Waals surface area contributed by atoms with E-state index in [9.17, 15) is 4.79 Å². The summed E-state index contributed by atoms with van der Waals surface area (Å²) < 4.78 is 6.13. The Morgan fingerprint density at radius 1 is 1.20 bits per heavy atom. The molecule has 0 aliphatic carbocycles. The zero-order valence-electron chi connectivity index (χ0n) is 13.8. The van der Waals surface area contributed by atoms with Crippen molar-refractivity contribution in [3.05, 3.63) is 0 Å². The van der Waals surface area contributed by atoms with Crippen LogP contribution in [0, 0.1) is 5.92 Å². The van der Waals surface area contributed by atoms with Crippen molar-refractivity contribution in [3.63, 3.8) is 0 Å². The van der Waals surface area contributed by atoms with Gasteiger partial charge in [0.2, 0.25) is 0 Å². The molecule has 2 rings (SSSR count). The van der Waals surface area contributed by atoms with Gasteiger partial charge < -0.3 is 9.74 Å². The van der Waals surface area contributed by atoms with Crippen LogP contribution in [-0.4, -0.2) is 32.8 Å². The van der Waals surface area contributed by atoms with E-state index in [-0.39, 0.29) is 11.0 Å². The van der Waals surface area contributed by atoms with Gasteiger partial charge in [-0.3, -0.25) is 4.79 Å². The summed E-state index contributed by atoms with van der Waals surface area (Å²) in [6.45, 7) is 11.8. The lowest BCUT2D eigenvalue weighted by atomic mass is 9.88. The highest BCUT2D eigenvalue weighted by atomic mass is 28.4. The molecule has 3 nitrogen and oxygen atoms in total. The molecule has 0 amide bonds. The zero-order chi connectivity index (χ0) is 15.0. The molecule has 1 N–H and O–H groups in total. The Hall–Kier alpha value is -0.193. The molecule has 2 aliphatic heterocycles. The topological polar surface area (TPSA) is 38.3 Å². The van der Waals surface area contributed by atoms with Gasteiger partial charge in [-0.15, -0.1) is 0 Å². The quantitative estimate of drug-likeness (QED) is 0.789. The lowest BCUT2D eigenvalue weighted by Crippen LogP contribution is -2.42. The molecule has 2 bridgehead atoms. The first-order chi connectivity index (χ1) is 9.19. The monoisotopic (exact) mass is 297 g/mol. The number of fused-ring (bicyclic) bond motifs is 2. The molecule has 0 aromatic heterocycles. The highest BCUT2D eigenvalue weighted by Crippen LogP contribution is 2.37. The van der Waals surface area contributed by atoms with Gasteiger partial charge >= 0.3 is 0 Å². The number of carbonyl (C=O) groups excluding carboxylic acids is 1. The highest BCUT2D eigenvalue weighted by Gasteiger charge is 2.38. The van der Waals surface area contributed by atoms with Crippen LogP contribution in [0.3, 0.4) is 0 Å². The summed E-state index contributed by atoms with van der Waals surface area (Å²) in [5.74, 6) is 0.721. The van der Waals surface area contributed by atoms with Gasteiger partial charge in [0.25, 0.3) is 0 Å². The van der Waals surface area contributed by atoms with Crippen LogP contribution in [0.2, 0.25) is 18.1 Å². The molecule has 0 spiro atoms. The molecule has 0 radical (unpaired) electrons. The second kappa shape index (κ2) is 5.89. The van der Waals surface area contributed by atoms with Crippen molar-refractivity contribution in [1.82, 2.24) is 5.32 Å². The predicted molar refractivity (Wildman–Crippen MR) is 85.4 cm³/mol. The molecule has 0 aromatic rings. The fraction of sp³-hybridized carbons (Fsp3) is 0.938. The number of hydrogen-bond donors (Lipinski definition) is 1. The van der Waals surface area contributed by atoms with Crippen molar-refractivity contribution in [2.24, 2.45) is 5.92 Å². The third-order valence-corrected chi connectivity index (χ3v) is 10.1. The Morgan fingerprint density at radius 3 is 2.25 bits per heavy atom. The number of nitrogens with one attached hydrogen (secondary N) is 1. The van der Waals surface area contributed by atoms with E-state index in [1.807, 2.05) is 0 Å². The summed E-state index contributed by atoms with van der Waals surface area (Å²) in [4.78, 5) is 12.4. The highest BCUT2D eigenvalue weighted by molar-refractivity contribution is 6.74. The number of carbonyl (C=O) groups is 1. The van der Waals surface area contributed by atoms with Crippen molar-refractivity contribution >= 4 is 14.1 Å². The first kappa shape index (κ1) is 16.2. The molecule has 2 unspecified atom stereocenters. The summed E-state index contributed by atoms with van der Waals surface area (Å²) in [5.41, 5.74) is 0. The fourth-order valence-electron chi connectivity index (χ4n) is 3.15. The van der Waals surface area contributed by atoms with E-state index in [1.54, 1.807) is 0 Å². The molecule has 2 heterocycles. The van der Waals surface area contributed by atoms with Gasteiger partial charge in [-0.25, -0.2) is 0 Å². The van der Waals surface area contributed by atoms with Crippen LogP contribution in [0.25, 0.3) is 0 Å². The molecular weight excluding hydrogens is 266 g/mol. The Morgan fingerprint density at radius 2 is 1.75 bits per heavy atom. The van der Waals surface area contributed by atoms with Gasteiger partial charge in [0.15, 0.2) is 8.32 Å². The number of rotatable bonds is 5. The molecule has 4 heteroatoms. The average molecular weight is 298 g/mol. The van der Waals surface area contributed by atoms with E-state index in [2.05, 4.69) is 39.2 Å². The predicted octanol–water partition coefficient (Wildman–Crippen LogP) is 3.50. The van der Waals surface area contributed by atoms with Crippen molar-refractivity contribution in [3.8, 4) is 0 Å². The minimum absolute atomic E-state index is 0.226. The minimum Gasteiger partial charge on any atom is -0.416 e. The number of hydrogen-bond acceptors (Lipinski definition) is 3. The van der Waals surface area contributed by atoms with E-state index in [4.69, 9.17) is 4.43 Å². The summed E-state index contributed by atoms with van der Waals surface area (Å²) in [6.07, 6.45) is 5.23. The van der Waals surface area contributed by atoms with E-state index < -0.39 is 8.32 Å². The molecular formula is C16H31NO2Si. The smallest absolute Gasteiger partial charge is 0.191 e. The Balaban J connectivity index is 1.76. The first-order valence-corrected chi connectivity index (χ1v) is 11.0. The fourth-order valence-corrected chi connectivity index (χ4v) is 4.19. The lowest BCUT2D eigenvalue weighted by molar-refractivity contribution is -0.124. The van der Waals surface area contributed by atoms with Gasteiger partial charge in [-0.2, -0.15) is 0 Å². The molecule has 2 aliphatic rings. The van der Waals surface area contributed by atoms with Crippen molar-refractivity contribution in [2.45, 2.75) is 83.1 Å². The maximum absolute atomic E-state index is 12.4. The van der Waals surface area contributed by atoms with Gasteiger partial charge in [0, 0.05) is 31.0 Å². The second-order valence-electron chi connectivity index (χ2n) is 8.13. The Bertz CT molecular complexity index is 350. The number of piperidine rings is 1. The van der Waals surface area contributed by atoms with Gasteiger partial charge in [-0.05, 0) is 43.8 Å². The maximum Gasteiger partial charge on any atom is 0.191 e. The van der Waals surface area contributed by atoms with E-state index >= 15 is 0 Å². The van der Waals surface area contributed by atoms with E-state index in [1.165, 1.54) is 12.8 Å². The van der Waals surface area contributed by atoms with Crippen LogP contribution in [-0.2, 0) is 9.22 Å². The minimum atomic E-state index is -1.70. The lowest BCUT2D eigenvalue weighted by Gasteiger charge is -2.36. The van der Waals surface area contributed by atoms with Gasteiger partial charge in [0.1, 0.15) is 5.78 Å². The van der Waals surface area contributed by atoms with Crippen LogP contribution in [0.15, 0.2) is 0 Å². The SMILES string of the molecule is CC(C)(C)[Si](C)(C)OCCC(=O)C1CC2CCC(C1)N2. The van der Waals surface area contributed by atoms with Crippen molar-refractivity contribution in [1.29, 1.82) is 0 Å². The standard InChI is InChI=1S/C16H31NO2Si/c1-16(2,3)20(4,5)19-9-8-15(18)12-10-13-6-7-14(11-12)17-13/h12-14,17H,6-11H2,1-5H3. The third kappa shape index (κ3) is 3.71. The van der Waals surface area contributed by atoms with Crippen LogP contribution in [0.1, 0.15) is 52.9 Å². The summed E-state index contributed by atoms with van der Waals surface area (Å²) in [5, 5.41) is 3.82. The summed E-state index contributed by atoms with van der Waals surface area (Å²) in [7, 11) is -1.70. The number of Topliss-reactive ketones (excluding diaryl/α,β-unsaturated/α-hetero) is 1. The Kier molecular flexibility index (Phi) is 4.77. The van der Waals surface area contributed by atoms with Gasteiger partial charge in [-0.1, -0.05) is 20.8 Å². The van der Waals surface area contributed by atoms with Gasteiger partial charge in [0.05, 0.1) is 0 Å². The number of ketones is 1. The molecule has 2 atom stereocenters. The van der Waals surface area contributed by atoms with Crippen molar-refractivity contribution < 1.29 is 9.22 Å². The largest absolute Gasteiger partial charge is 0.416 e. The normalized spacial score (nSPS) is 30.6.